The fourth-order valence-corrected chi connectivity index (χ4v) is 1.08. The van der Waals surface area contributed by atoms with Crippen LogP contribution in [0.25, 0.3) is 0 Å². The molecular weight excluding hydrogens is 212 g/mol. The number of aliphatic carboxylic acids is 1. The monoisotopic (exact) mass is 230 g/mol. The number of rotatable bonds is 7. The maximum absolute atomic E-state index is 11.2. The predicted octanol–water partition coefficient (Wildman–Crippen LogP) is -0.118. The summed E-state index contributed by atoms with van der Waals surface area (Å²) in [6.07, 6.45) is 1.38. The van der Waals surface area contributed by atoms with Gasteiger partial charge in [-0.1, -0.05) is 13.8 Å². The Morgan fingerprint density at radius 3 is 2.25 bits per heavy atom. The smallest absolute Gasteiger partial charge is 0.326 e. The van der Waals surface area contributed by atoms with Crippen LogP contribution < -0.4 is 10.6 Å². The molecule has 2 amide bonds. The molecule has 0 spiro atoms. The molecule has 0 aromatic rings. The fraction of sp³-hybridized carbons (Fsp3) is 0.700. The van der Waals surface area contributed by atoms with Gasteiger partial charge in [0.1, 0.15) is 6.04 Å². The summed E-state index contributed by atoms with van der Waals surface area (Å²) in [6.45, 7) is 3.34. The van der Waals surface area contributed by atoms with Crippen LogP contribution in [-0.2, 0) is 14.4 Å². The van der Waals surface area contributed by atoms with Gasteiger partial charge in [0.2, 0.25) is 11.8 Å². The van der Waals surface area contributed by atoms with Crippen LogP contribution in [0.3, 0.4) is 0 Å². The molecule has 6 nitrogen and oxygen atoms in total. The van der Waals surface area contributed by atoms with Gasteiger partial charge in [0.25, 0.3) is 0 Å². The molecule has 0 aromatic carbocycles. The van der Waals surface area contributed by atoms with Crippen LogP contribution in [0.15, 0.2) is 0 Å². The van der Waals surface area contributed by atoms with E-state index in [9.17, 15) is 14.4 Å². The van der Waals surface area contributed by atoms with Crippen molar-refractivity contribution in [3.63, 3.8) is 0 Å². The Bertz CT molecular complexity index is 266. The van der Waals surface area contributed by atoms with Crippen LogP contribution in [0.5, 0.6) is 0 Å². The average Bonchev–Trinajstić information content (AvgIpc) is 2.23. The minimum Gasteiger partial charge on any atom is -0.480 e. The van der Waals surface area contributed by atoms with Gasteiger partial charge in [-0.3, -0.25) is 9.59 Å². The number of carboxylic acids is 1. The maximum Gasteiger partial charge on any atom is 0.326 e. The fourth-order valence-electron chi connectivity index (χ4n) is 1.08. The van der Waals surface area contributed by atoms with Crippen LogP contribution in [0.4, 0.5) is 0 Å². The van der Waals surface area contributed by atoms with Crippen molar-refractivity contribution in [1.29, 1.82) is 0 Å². The highest BCUT2D eigenvalue weighted by Gasteiger charge is 2.17. The molecule has 0 bridgehead atoms. The minimum absolute atomic E-state index is 0.178. The molecule has 1 atom stereocenters. The van der Waals surface area contributed by atoms with Gasteiger partial charge in [-0.2, -0.15) is 0 Å². The molecule has 0 aliphatic rings. The second-order valence-corrected chi connectivity index (χ2v) is 3.39. The number of hydrogen-bond acceptors (Lipinski definition) is 3. The van der Waals surface area contributed by atoms with Gasteiger partial charge in [0, 0.05) is 6.42 Å². The minimum atomic E-state index is -1.07. The highest BCUT2D eigenvalue weighted by atomic mass is 16.4. The van der Waals surface area contributed by atoms with Crippen LogP contribution in [0.1, 0.15) is 33.1 Å². The lowest BCUT2D eigenvalue weighted by atomic mass is 10.2. The third-order valence-corrected chi connectivity index (χ3v) is 1.96. The molecule has 0 radical (unpaired) electrons. The lowest BCUT2D eigenvalue weighted by Gasteiger charge is -2.12. The molecule has 0 aliphatic heterocycles. The van der Waals surface area contributed by atoms with Crippen LogP contribution >= 0.6 is 0 Å². The van der Waals surface area contributed by atoms with E-state index < -0.39 is 17.9 Å². The predicted molar refractivity (Wildman–Crippen MR) is 57.8 cm³/mol. The summed E-state index contributed by atoms with van der Waals surface area (Å²) in [6, 6.07) is -0.893. The molecule has 92 valence electrons. The summed E-state index contributed by atoms with van der Waals surface area (Å²) in [5.41, 5.74) is 0. The molecule has 0 rings (SSSR count). The molecule has 0 fully saturated rings. The summed E-state index contributed by atoms with van der Waals surface area (Å²) < 4.78 is 0. The lowest BCUT2D eigenvalue weighted by Crippen LogP contribution is -2.45. The number of amides is 2. The molecule has 1 unspecified atom stereocenters. The van der Waals surface area contributed by atoms with Crippen molar-refractivity contribution in [2.24, 2.45) is 0 Å². The summed E-state index contributed by atoms with van der Waals surface area (Å²) >= 11 is 0. The van der Waals surface area contributed by atoms with E-state index in [2.05, 4.69) is 10.6 Å². The molecule has 16 heavy (non-hydrogen) atoms. The molecule has 0 aliphatic carbocycles. The highest BCUT2D eigenvalue weighted by molar-refractivity contribution is 5.87. The highest BCUT2D eigenvalue weighted by Crippen LogP contribution is 1.90. The molecule has 0 heterocycles. The largest absolute Gasteiger partial charge is 0.480 e. The van der Waals surface area contributed by atoms with Gasteiger partial charge < -0.3 is 15.7 Å². The second-order valence-electron chi connectivity index (χ2n) is 3.39. The van der Waals surface area contributed by atoms with Crippen molar-refractivity contribution < 1.29 is 19.5 Å². The molecule has 6 heteroatoms. The van der Waals surface area contributed by atoms with E-state index >= 15 is 0 Å². The Hall–Kier alpha value is -1.59. The Balaban J connectivity index is 3.89. The van der Waals surface area contributed by atoms with E-state index in [1.807, 2.05) is 6.92 Å². The SMILES string of the molecule is CCCC(=O)NCC(=O)NC(CC)C(=O)O. The van der Waals surface area contributed by atoms with E-state index in [0.29, 0.717) is 19.3 Å². The zero-order chi connectivity index (χ0) is 12.6. The van der Waals surface area contributed by atoms with Gasteiger partial charge in [-0.05, 0) is 12.8 Å². The maximum atomic E-state index is 11.2. The number of carbonyl (C=O) groups excluding carboxylic acids is 2. The van der Waals surface area contributed by atoms with E-state index in [4.69, 9.17) is 5.11 Å². The zero-order valence-electron chi connectivity index (χ0n) is 9.58. The van der Waals surface area contributed by atoms with Crippen molar-refractivity contribution in [3.05, 3.63) is 0 Å². The van der Waals surface area contributed by atoms with Crippen molar-refractivity contribution >= 4 is 17.8 Å². The second kappa shape index (κ2) is 7.67. The standard InChI is InChI=1S/C10H18N2O4/c1-3-5-8(13)11-6-9(14)12-7(4-2)10(15)16/h7H,3-6H2,1-2H3,(H,11,13)(H,12,14)(H,15,16). The number of carboxylic acid groups (broad SMARTS) is 1. The average molecular weight is 230 g/mol. The summed E-state index contributed by atoms with van der Waals surface area (Å²) in [4.78, 5) is 32.9. The van der Waals surface area contributed by atoms with Crippen molar-refractivity contribution in [2.45, 2.75) is 39.2 Å². The van der Waals surface area contributed by atoms with E-state index in [1.54, 1.807) is 6.92 Å². The molecule has 3 N–H and O–H groups in total. The first-order valence-corrected chi connectivity index (χ1v) is 5.30. The van der Waals surface area contributed by atoms with Crippen LogP contribution in [-0.4, -0.2) is 35.5 Å². The Labute approximate surface area is 94.4 Å². The summed E-state index contributed by atoms with van der Waals surface area (Å²) in [5.74, 6) is -1.77. The van der Waals surface area contributed by atoms with E-state index in [0.717, 1.165) is 0 Å². The van der Waals surface area contributed by atoms with Gasteiger partial charge >= 0.3 is 5.97 Å². The first-order valence-electron chi connectivity index (χ1n) is 5.30. The Morgan fingerprint density at radius 1 is 1.19 bits per heavy atom. The van der Waals surface area contributed by atoms with Gasteiger partial charge in [0.15, 0.2) is 0 Å². The van der Waals surface area contributed by atoms with E-state index in [1.165, 1.54) is 0 Å². The van der Waals surface area contributed by atoms with Crippen LogP contribution in [0, 0.1) is 0 Å². The molecule has 0 aromatic heterocycles. The normalized spacial score (nSPS) is 11.6. The van der Waals surface area contributed by atoms with Gasteiger partial charge in [-0.15, -0.1) is 0 Å². The van der Waals surface area contributed by atoms with Crippen molar-refractivity contribution in [3.8, 4) is 0 Å². The number of nitrogens with one attached hydrogen (secondary N) is 2. The van der Waals surface area contributed by atoms with Crippen LogP contribution in [0.2, 0.25) is 0 Å². The third-order valence-electron chi connectivity index (χ3n) is 1.96. The van der Waals surface area contributed by atoms with E-state index in [-0.39, 0.29) is 12.5 Å². The van der Waals surface area contributed by atoms with Gasteiger partial charge in [-0.25, -0.2) is 4.79 Å². The van der Waals surface area contributed by atoms with Crippen molar-refractivity contribution in [1.82, 2.24) is 10.6 Å². The number of hydrogen-bond donors (Lipinski definition) is 3. The Morgan fingerprint density at radius 2 is 1.81 bits per heavy atom. The molecular formula is C10H18N2O4. The summed E-state index contributed by atoms with van der Waals surface area (Å²) in [5, 5.41) is 13.4. The number of carbonyl (C=O) groups is 3. The quantitative estimate of drug-likeness (QED) is 0.568. The zero-order valence-corrected chi connectivity index (χ0v) is 9.58. The first-order chi connectivity index (χ1) is 7.51. The summed E-state index contributed by atoms with van der Waals surface area (Å²) in [7, 11) is 0. The molecule has 0 saturated heterocycles. The van der Waals surface area contributed by atoms with Crippen molar-refractivity contribution in [2.75, 3.05) is 6.54 Å². The molecule has 0 saturated carbocycles. The Kier molecular flexibility index (Phi) is 6.91. The van der Waals surface area contributed by atoms with Gasteiger partial charge in [0.05, 0.1) is 6.54 Å². The third kappa shape index (κ3) is 6.00. The first kappa shape index (κ1) is 14.4. The lowest BCUT2D eigenvalue weighted by molar-refractivity contribution is -0.141. The topological polar surface area (TPSA) is 95.5 Å².